The molecule has 0 amide bonds. The number of unbranched alkanes of at least 4 members (excludes halogenated alkanes) is 1. The van der Waals surface area contributed by atoms with Gasteiger partial charge in [-0.05, 0) is 25.0 Å². The van der Waals surface area contributed by atoms with E-state index in [2.05, 4.69) is 16.9 Å². The van der Waals surface area contributed by atoms with Crippen molar-refractivity contribution >= 4 is 11.8 Å². The van der Waals surface area contributed by atoms with Crippen LogP contribution < -0.4 is 10.3 Å². The zero-order chi connectivity index (χ0) is 14.9. The van der Waals surface area contributed by atoms with Crippen LogP contribution in [0.5, 0.6) is 5.75 Å². The first-order valence-electron chi connectivity index (χ1n) is 7.19. The van der Waals surface area contributed by atoms with Gasteiger partial charge in [-0.3, -0.25) is 4.79 Å². The van der Waals surface area contributed by atoms with Crippen LogP contribution in [0.1, 0.15) is 25.5 Å². The number of ether oxygens (including phenoxy) is 1. The molecule has 1 aromatic heterocycles. The van der Waals surface area contributed by atoms with E-state index in [1.807, 2.05) is 30.3 Å². The third-order valence-electron chi connectivity index (χ3n) is 2.89. The van der Waals surface area contributed by atoms with E-state index in [0.717, 1.165) is 36.5 Å². The van der Waals surface area contributed by atoms with Gasteiger partial charge in [-0.1, -0.05) is 43.3 Å². The van der Waals surface area contributed by atoms with Crippen molar-refractivity contribution in [3.05, 3.63) is 52.4 Å². The van der Waals surface area contributed by atoms with Crippen LogP contribution in [0.15, 0.2) is 46.3 Å². The second-order valence-electron chi connectivity index (χ2n) is 4.66. The van der Waals surface area contributed by atoms with Gasteiger partial charge in [0.2, 0.25) is 0 Å². The molecule has 2 rings (SSSR count). The number of hydrogen-bond donors (Lipinski definition) is 1. The second-order valence-corrected chi connectivity index (χ2v) is 5.74. The van der Waals surface area contributed by atoms with Crippen molar-refractivity contribution in [1.29, 1.82) is 0 Å². The summed E-state index contributed by atoms with van der Waals surface area (Å²) in [5, 5.41) is 0.672. The molecule has 0 fully saturated rings. The molecule has 0 unspecified atom stereocenters. The molecule has 1 aromatic carbocycles. The Balaban J connectivity index is 1.82. The number of H-pyrrole nitrogens is 1. The van der Waals surface area contributed by atoms with Crippen molar-refractivity contribution < 1.29 is 4.74 Å². The van der Waals surface area contributed by atoms with Crippen LogP contribution in [0, 0.1) is 0 Å². The molecule has 0 spiro atoms. The zero-order valence-electron chi connectivity index (χ0n) is 12.2. The van der Waals surface area contributed by atoms with Crippen LogP contribution in [0.4, 0.5) is 0 Å². The van der Waals surface area contributed by atoms with E-state index in [1.54, 1.807) is 6.07 Å². The molecule has 112 valence electrons. The maximum absolute atomic E-state index is 11.6. The molecule has 21 heavy (non-hydrogen) atoms. The number of aromatic amines is 1. The molecule has 5 heteroatoms. The van der Waals surface area contributed by atoms with Gasteiger partial charge < -0.3 is 9.72 Å². The Morgan fingerprint density at radius 3 is 2.86 bits per heavy atom. The highest BCUT2D eigenvalue weighted by Crippen LogP contribution is 2.14. The Morgan fingerprint density at radius 2 is 2.10 bits per heavy atom. The highest BCUT2D eigenvalue weighted by atomic mass is 32.2. The number of thioether (sulfide) groups is 1. The van der Waals surface area contributed by atoms with Gasteiger partial charge in [-0.2, -0.15) is 0 Å². The molecular formula is C16H20N2O2S. The monoisotopic (exact) mass is 304 g/mol. The third-order valence-corrected chi connectivity index (χ3v) is 3.73. The molecule has 2 aromatic rings. The minimum Gasteiger partial charge on any atom is -0.493 e. The highest BCUT2D eigenvalue weighted by Gasteiger charge is 2.02. The topological polar surface area (TPSA) is 55.0 Å². The molecule has 0 aliphatic heterocycles. The van der Waals surface area contributed by atoms with Crippen molar-refractivity contribution in [3.8, 4) is 5.75 Å². The van der Waals surface area contributed by atoms with Crippen LogP contribution in [0.25, 0.3) is 0 Å². The normalized spacial score (nSPS) is 10.5. The largest absolute Gasteiger partial charge is 0.493 e. The number of nitrogens with zero attached hydrogens (tertiary/aromatic N) is 1. The number of aromatic nitrogens is 2. The highest BCUT2D eigenvalue weighted by molar-refractivity contribution is 7.99. The third kappa shape index (κ3) is 5.63. The van der Waals surface area contributed by atoms with Crippen molar-refractivity contribution in [2.24, 2.45) is 0 Å². The Kier molecular flexibility index (Phi) is 6.34. The van der Waals surface area contributed by atoms with Crippen LogP contribution in [0.3, 0.4) is 0 Å². The van der Waals surface area contributed by atoms with E-state index < -0.39 is 0 Å². The molecule has 0 radical (unpaired) electrons. The fraction of sp³-hybridized carbons (Fsp3) is 0.375. The number of hydrogen-bond acceptors (Lipinski definition) is 4. The summed E-state index contributed by atoms with van der Waals surface area (Å²) in [5.41, 5.74) is 0.787. The number of para-hydroxylation sites is 1. The second kappa shape index (κ2) is 8.52. The maximum atomic E-state index is 11.6. The molecule has 4 nitrogen and oxygen atoms in total. The summed E-state index contributed by atoms with van der Waals surface area (Å²) in [6.07, 6.45) is 3.01. The summed E-state index contributed by atoms with van der Waals surface area (Å²) in [7, 11) is 0. The van der Waals surface area contributed by atoms with Crippen LogP contribution in [-0.2, 0) is 6.42 Å². The van der Waals surface area contributed by atoms with Crippen LogP contribution in [-0.4, -0.2) is 22.3 Å². The molecule has 0 saturated carbocycles. The summed E-state index contributed by atoms with van der Waals surface area (Å²) < 4.78 is 5.61. The standard InChI is InChI=1S/C16H20N2O2S/c1-2-3-7-13-12-15(19)18-16(17-13)21-11-10-20-14-8-5-4-6-9-14/h4-6,8-9,12H,2-3,7,10-11H2,1H3,(H,17,18,19). The van der Waals surface area contributed by atoms with Crippen molar-refractivity contribution in [3.63, 3.8) is 0 Å². The maximum Gasteiger partial charge on any atom is 0.251 e. The van der Waals surface area contributed by atoms with Gasteiger partial charge in [0, 0.05) is 17.5 Å². The van der Waals surface area contributed by atoms with E-state index in [1.165, 1.54) is 11.8 Å². The molecule has 1 heterocycles. The van der Waals surface area contributed by atoms with E-state index >= 15 is 0 Å². The average Bonchev–Trinajstić information content (AvgIpc) is 2.50. The van der Waals surface area contributed by atoms with Gasteiger partial charge in [0.15, 0.2) is 5.16 Å². The average molecular weight is 304 g/mol. The SMILES string of the molecule is CCCCc1cc(=O)[nH]c(SCCOc2ccccc2)n1. The summed E-state index contributed by atoms with van der Waals surface area (Å²) in [5.74, 6) is 1.60. The molecule has 0 bridgehead atoms. The Hall–Kier alpha value is -1.75. The lowest BCUT2D eigenvalue weighted by Gasteiger charge is -2.06. The van der Waals surface area contributed by atoms with Gasteiger partial charge in [-0.15, -0.1) is 0 Å². The fourth-order valence-electron chi connectivity index (χ4n) is 1.85. The zero-order valence-corrected chi connectivity index (χ0v) is 13.0. The first-order chi connectivity index (χ1) is 10.3. The Bertz CT molecular complexity index is 599. The first kappa shape index (κ1) is 15.6. The number of benzene rings is 1. The van der Waals surface area contributed by atoms with E-state index in [9.17, 15) is 4.79 Å². The lowest BCUT2D eigenvalue weighted by atomic mass is 10.2. The summed E-state index contributed by atoms with van der Waals surface area (Å²) in [6.45, 7) is 2.71. The molecule has 0 aliphatic rings. The van der Waals surface area contributed by atoms with Crippen molar-refractivity contribution in [2.45, 2.75) is 31.3 Å². The van der Waals surface area contributed by atoms with E-state index in [-0.39, 0.29) is 5.56 Å². The molecule has 0 atom stereocenters. The summed E-state index contributed by atoms with van der Waals surface area (Å²) >= 11 is 1.51. The number of aryl methyl sites for hydroxylation is 1. The van der Waals surface area contributed by atoms with Gasteiger partial charge in [0.1, 0.15) is 5.75 Å². The Labute approximate surface area is 129 Å². The van der Waals surface area contributed by atoms with E-state index in [0.29, 0.717) is 11.8 Å². The van der Waals surface area contributed by atoms with Gasteiger partial charge >= 0.3 is 0 Å². The van der Waals surface area contributed by atoms with Crippen LogP contribution >= 0.6 is 11.8 Å². The molecule has 0 aliphatic carbocycles. The minimum absolute atomic E-state index is 0.0809. The number of rotatable bonds is 8. The summed E-state index contributed by atoms with van der Waals surface area (Å²) in [6, 6.07) is 11.3. The lowest BCUT2D eigenvalue weighted by molar-refractivity contribution is 0.344. The van der Waals surface area contributed by atoms with Gasteiger partial charge in [0.05, 0.1) is 6.61 Å². The van der Waals surface area contributed by atoms with Crippen LogP contribution in [0.2, 0.25) is 0 Å². The smallest absolute Gasteiger partial charge is 0.251 e. The first-order valence-corrected chi connectivity index (χ1v) is 8.17. The van der Waals surface area contributed by atoms with Gasteiger partial charge in [-0.25, -0.2) is 4.98 Å². The van der Waals surface area contributed by atoms with Gasteiger partial charge in [0.25, 0.3) is 5.56 Å². The van der Waals surface area contributed by atoms with E-state index in [4.69, 9.17) is 4.74 Å². The minimum atomic E-state index is -0.0809. The van der Waals surface area contributed by atoms with Crippen molar-refractivity contribution in [2.75, 3.05) is 12.4 Å². The lowest BCUT2D eigenvalue weighted by Crippen LogP contribution is -2.11. The molecule has 0 saturated heterocycles. The Morgan fingerprint density at radius 1 is 1.29 bits per heavy atom. The quantitative estimate of drug-likeness (QED) is 0.462. The number of nitrogens with one attached hydrogen (secondary N) is 1. The predicted octanol–water partition coefficient (Wildman–Crippen LogP) is 3.28. The predicted molar refractivity (Wildman–Crippen MR) is 86.1 cm³/mol. The van der Waals surface area contributed by atoms with Crippen molar-refractivity contribution in [1.82, 2.24) is 9.97 Å². The summed E-state index contributed by atoms with van der Waals surface area (Å²) in [4.78, 5) is 18.8. The molecule has 1 N–H and O–H groups in total. The molecular weight excluding hydrogens is 284 g/mol. The fourth-order valence-corrected chi connectivity index (χ4v) is 2.57.